The summed E-state index contributed by atoms with van der Waals surface area (Å²) in [7, 11) is 0. The summed E-state index contributed by atoms with van der Waals surface area (Å²) >= 11 is 0. The van der Waals surface area contributed by atoms with E-state index in [1.807, 2.05) is 0 Å². The Morgan fingerprint density at radius 1 is 1.19 bits per heavy atom. The maximum absolute atomic E-state index is 12.0. The highest BCUT2D eigenvalue weighted by atomic mass is 16.1. The highest BCUT2D eigenvalue weighted by Crippen LogP contribution is 2.48. The van der Waals surface area contributed by atoms with Gasteiger partial charge in [0.1, 0.15) is 0 Å². The van der Waals surface area contributed by atoms with Crippen LogP contribution in [0, 0.1) is 23.7 Å². The van der Waals surface area contributed by atoms with Crippen molar-refractivity contribution in [2.24, 2.45) is 29.4 Å². The summed E-state index contributed by atoms with van der Waals surface area (Å²) in [5, 5.41) is 3.14. The lowest BCUT2D eigenvalue weighted by Gasteiger charge is -2.33. The first-order valence-corrected chi connectivity index (χ1v) is 6.75. The van der Waals surface area contributed by atoms with Crippen molar-refractivity contribution >= 4 is 5.91 Å². The van der Waals surface area contributed by atoms with Crippen LogP contribution in [-0.4, -0.2) is 18.5 Å². The Morgan fingerprint density at radius 3 is 2.56 bits per heavy atom. The molecule has 3 N–H and O–H groups in total. The van der Waals surface area contributed by atoms with Gasteiger partial charge in [-0.05, 0) is 49.9 Å². The second kappa shape index (κ2) is 4.02. The maximum Gasteiger partial charge on any atom is 0.223 e. The normalized spacial score (nSPS) is 45.4. The Bertz CT molecular complexity index is 286. The van der Waals surface area contributed by atoms with Crippen molar-refractivity contribution in [1.82, 2.24) is 5.32 Å². The molecule has 3 saturated carbocycles. The van der Waals surface area contributed by atoms with E-state index in [2.05, 4.69) is 5.32 Å². The SMILES string of the molecule is NC1CC(CNC(=O)C2CC3CCC2C3)C1. The van der Waals surface area contributed by atoms with E-state index in [4.69, 9.17) is 5.73 Å². The summed E-state index contributed by atoms with van der Waals surface area (Å²) in [5.74, 6) is 2.88. The molecule has 0 aromatic carbocycles. The highest BCUT2D eigenvalue weighted by molar-refractivity contribution is 5.79. The van der Waals surface area contributed by atoms with Crippen molar-refractivity contribution in [3.63, 3.8) is 0 Å². The third-order valence-corrected chi connectivity index (χ3v) is 4.91. The molecule has 0 saturated heterocycles. The van der Waals surface area contributed by atoms with Gasteiger partial charge in [0.25, 0.3) is 0 Å². The van der Waals surface area contributed by atoms with Gasteiger partial charge in [-0.25, -0.2) is 0 Å². The Kier molecular flexibility index (Phi) is 2.66. The van der Waals surface area contributed by atoms with Gasteiger partial charge >= 0.3 is 0 Å². The first kappa shape index (κ1) is 10.6. The van der Waals surface area contributed by atoms with Crippen LogP contribution in [0.1, 0.15) is 38.5 Å². The fourth-order valence-corrected chi connectivity index (χ4v) is 3.90. The highest BCUT2D eigenvalue weighted by Gasteiger charge is 2.43. The quantitative estimate of drug-likeness (QED) is 0.755. The Labute approximate surface area is 97.2 Å². The smallest absolute Gasteiger partial charge is 0.223 e. The van der Waals surface area contributed by atoms with Crippen molar-refractivity contribution in [3.8, 4) is 0 Å². The van der Waals surface area contributed by atoms with Gasteiger partial charge in [-0.2, -0.15) is 0 Å². The molecule has 0 heterocycles. The summed E-state index contributed by atoms with van der Waals surface area (Å²) in [4.78, 5) is 12.0. The molecule has 3 fully saturated rings. The van der Waals surface area contributed by atoms with Crippen molar-refractivity contribution in [1.29, 1.82) is 0 Å². The van der Waals surface area contributed by atoms with Crippen LogP contribution in [0.4, 0.5) is 0 Å². The average molecular weight is 222 g/mol. The summed E-state index contributed by atoms with van der Waals surface area (Å²) in [6.45, 7) is 0.862. The Hall–Kier alpha value is -0.570. The van der Waals surface area contributed by atoms with Gasteiger partial charge in [-0.15, -0.1) is 0 Å². The minimum Gasteiger partial charge on any atom is -0.356 e. The molecule has 0 aromatic rings. The van der Waals surface area contributed by atoms with Crippen LogP contribution in [0.15, 0.2) is 0 Å². The molecule has 1 amide bonds. The van der Waals surface area contributed by atoms with Crippen molar-refractivity contribution < 1.29 is 4.79 Å². The van der Waals surface area contributed by atoms with Crippen LogP contribution in [-0.2, 0) is 4.79 Å². The molecule has 3 unspecified atom stereocenters. The number of rotatable bonds is 3. The second-order valence-electron chi connectivity index (χ2n) is 6.12. The molecule has 3 aliphatic carbocycles. The minimum atomic E-state index is 0.327. The predicted octanol–water partition coefficient (Wildman–Crippen LogP) is 1.28. The van der Waals surface area contributed by atoms with Crippen molar-refractivity contribution in [3.05, 3.63) is 0 Å². The van der Waals surface area contributed by atoms with Crippen molar-refractivity contribution in [2.75, 3.05) is 6.54 Å². The van der Waals surface area contributed by atoms with E-state index in [9.17, 15) is 4.79 Å². The molecule has 0 radical (unpaired) electrons. The number of fused-ring (bicyclic) bond motifs is 2. The molecule has 16 heavy (non-hydrogen) atoms. The van der Waals surface area contributed by atoms with Crippen LogP contribution in [0.2, 0.25) is 0 Å². The number of hydrogen-bond acceptors (Lipinski definition) is 2. The van der Waals surface area contributed by atoms with E-state index < -0.39 is 0 Å². The van der Waals surface area contributed by atoms with Gasteiger partial charge in [-0.3, -0.25) is 4.79 Å². The zero-order chi connectivity index (χ0) is 11.1. The van der Waals surface area contributed by atoms with Crippen LogP contribution in [0.25, 0.3) is 0 Å². The first-order chi connectivity index (χ1) is 7.72. The maximum atomic E-state index is 12.0. The fraction of sp³-hybridized carbons (Fsp3) is 0.923. The van der Waals surface area contributed by atoms with Gasteiger partial charge in [0.2, 0.25) is 5.91 Å². The molecule has 0 aromatic heterocycles. The molecule has 3 nitrogen and oxygen atoms in total. The third-order valence-electron chi connectivity index (χ3n) is 4.91. The number of nitrogens with one attached hydrogen (secondary N) is 1. The fourth-order valence-electron chi connectivity index (χ4n) is 3.90. The molecule has 0 spiro atoms. The van der Waals surface area contributed by atoms with E-state index in [0.29, 0.717) is 29.7 Å². The lowest BCUT2D eigenvalue weighted by molar-refractivity contribution is -0.126. The molecule has 3 rings (SSSR count). The lowest BCUT2D eigenvalue weighted by Crippen LogP contribution is -2.44. The molecule has 3 heteroatoms. The van der Waals surface area contributed by atoms with Crippen molar-refractivity contribution in [2.45, 2.75) is 44.6 Å². The summed E-state index contributed by atoms with van der Waals surface area (Å²) in [6.07, 6.45) is 7.31. The van der Waals surface area contributed by atoms with Gasteiger partial charge in [0.05, 0.1) is 0 Å². The number of nitrogens with two attached hydrogens (primary N) is 1. The predicted molar refractivity (Wildman–Crippen MR) is 62.6 cm³/mol. The number of hydrogen-bond donors (Lipinski definition) is 2. The number of carbonyl (C=O) groups excluding carboxylic acids is 1. The standard InChI is InChI=1S/C13H22N2O/c14-11-4-9(5-11)7-15-13(16)12-6-8-1-2-10(12)3-8/h8-12H,1-7,14H2,(H,15,16). The average Bonchev–Trinajstić information content (AvgIpc) is 2.83. The zero-order valence-electron chi connectivity index (χ0n) is 9.82. The molecular weight excluding hydrogens is 200 g/mol. The van der Waals surface area contributed by atoms with Crippen LogP contribution in [0.5, 0.6) is 0 Å². The number of carbonyl (C=O) groups is 1. The summed E-state index contributed by atoms with van der Waals surface area (Å²) in [5.41, 5.74) is 5.73. The molecular formula is C13H22N2O. The Balaban J connectivity index is 1.43. The second-order valence-corrected chi connectivity index (χ2v) is 6.12. The third kappa shape index (κ3) is 1.86. The van der Waals surface area contributed by atoms with Gasteiger partial charge < -0.3 is 11.1 Å². The molecule has 2 bridgehead atoms. The molecule has 0 aliphatic heterocycles. The molecule has 90 valence electrons. The van der Waals surface area contributed by atoms with Gasteiger partial charge in [0, 0.05) is 18.5 Å². The first-order valence-electron chi connectivity index (χ1n) is 6.75. The van der Waals surface area contributed by atoms with Gasteiger partial charge in [-0.1, -0.05) is 6.42 Å². The summed E-state index contributed by atoms with van der Waals surface area (Å²) in [6, 6.07) is 0.393. The summed E-state index contributed by atoms with van der Waals surface area (Å²) < 4.78 is 0. The van der Waals surface area contributed by atoms with E-state index in [1.165, 1.54) is 19.3 Å². The lowest BCUT2D eigenvalue weighted by atomic mass is 9.80. The monoisotopic (exact) mass is 222 g/mol. The van der Waals surface area contributed by atoms with Gasteiger partial charge in [0.15, 0.2) is 0 Å². The van der Waals surface area contributed by atoms with Crippen LogP contribution < -0.4 is 11.1 Å². The molecule has 3 atom stereocenters. The van der Waals surface area contributed by atoms with Crippen LogP contribution >= 0.6 is 0 Å². The zero-order valence-corrected chi connectivity index (χ0v) is 9.82. The molecule has 3 aliphatic rings. The largest absolute Gasteiger partial charge is 0.356 e. The van der Waals surface area contributed by atoms with E-state index in [-0.39, 0.29) is 0 Å². The Morgan fingerprint density at radius 2 is 2.00 bits per heavy atom. The number of amides is 1. The van der Waals surface area contributed by atoms with E-state index in [1.54, 1.807) is 0 Å². The topological polar surface area (TPSA) is 55.1 Å². The van der Waals surface area contributed by atoms with E-state index in [0.717, 1.165) is 31.7 Å². The minimum absolute atomic E-state index is 0.327. The van der Waals surface area contributed by atoms with Crippen LogP contribution in [0.3, 0.4) is 0 Å². The van der Waals surface area contributed by atoms with E-state index >= 15 is 0 Å².